The van der Waals surface area contributed by atoms with Crippen molar-refractivity contribution >= 4 is 11.8 Å². The van der Waals surface area contributed by atoms with Gasteiger partial charge < -0.3 is 24.6 Å². The number of amides is 2. The molecule has 186 valence electrons. The number of ether oxygens (including phenoxy) is 2. The Morgan fingerprint density at radius 2 is 2.06 bits per heavy atom. The Bertz CT molecular complexity index is 723. The van der Waals surface area contributed by atoms with E-state index in [1.165, 1.54) is 4.90 Å². The van der Waals surface area contributed by atoms with E-state index in [9.17, 15) is 9.59 Å². The van der Waals surface area contributed by atoms with Crippen LogP contribution < -0.4 is 21.3 Å². The number of rotatable bonds is 6. The van der Waals surface area contributed by atoms with Crippen LogP contribution in [0.2, 0.25) is 0 Å². The second-order valence-electron chi connectivity index (χ2n) is 10.8. The third-order valence-electron chi connectivity index (χ3n) is 8.77. The number of fused-ring (bicyclic) bond motifs is 3. The average Bonchev–Trinajstić information content (AvgIpc) is 3.30. The van der Waals surface area contributed by atoms with Gasteiger partial charge in [0.15, 0.2) is 12.3 Å². The molecule has 4 heterocycles. The Morgan fingerprint density at radius 3 is 2.91 bits per heavy atom. The van der Waals surface area contributed by atoms with Gasteiger partial charge in [-0.3, -0.25) is 15.3 Å². The van der Waals surface area contributed by atoms with Gasteiger partial charge in [-0.1, -0.05) is 13.3 Å². The molecule has 1 aliphatic carbocycles. The molecular formula is C24H42N5O4+. The van der Waals surface area contributed by atoms with Gasteiger partial charge in [0.2, 0.25) is 11.8 Å². The van der Waals surface area contributed by atoms with E-state index < -0.39 is 0 Å². The lowest BCUT2D eigenvalue weighted by Crippen LogP contribution is -3.26. The zero-order valence-corrected chi connectivity index (χ0v) is 20.0. The van der Waals surface area contributed by atoms with Crippen molar-refractivity contribution in [3.05, 3.63) is 0 Å². The van der Waals surface area contributed by atoms with E-state index in [-0.39, 0.29) is 54.4 Å². The summed E-state index contributed by atoms with van der Waals surface area (Å²) in [6, 6.07) is 0. The molecular weight excluding hydrogens is 422 g/mol. The SMILES string of the molecule is CCCC[NH+]1C(N)C(C(=O)NCC2CCC3OCOC3C2)CC2C(=O)N3CCCCC3NC21. The van der Waals surface area contributed by atoms with E-state index in [4.69, 9.17) is 15.2 Å². The number of carbonyl (C=O) groups is 2. The summed E-state index contributed by atoms with van der Waals surface area (Å²) in [6.45, 7) is 4.92. The van der Waals surface area contributed by atoms with Gasteiger partial charge in [-0.05, 0) is 57.3 Å². The van der Waals surface area contributed by atoms with Crippen molar-refractivity contribution in [2.45, 2.75) is 95.4 Å². The van der Waals surface area contributed by atoms with Crippen LogP contribution in [0.5, 0.6) is 0 Å². The number of nitrogens with one attached hydrogen (secondary N) is 3. The molecule has 0 aromatic heterocycles. The van der Waals surface area contributed by atoms with Crippen molar-refractivity contribution in [3.8, 4) is 0 Å². The standard InChI is InChI=1S/C24H41N5O4/c1-2-3-9-29-21(25)16(12-17-22(29)27-20-6-4-5-10-28(20)24(17)31)23(30)26-13-15-7-8-18-19(11-15)33-14-32-18/h15-22,27H,2-14,25H2,1H3,(H,26,30)/p+1. The molecule has 0 aromatic rings. The molecule has 4 saturated heterocycles. The number of piperidine rings is 2. The summed E-state index contributed by atoms with van der Waals surface area (Å²) in [7, 11) is 0. The molecule has 9 unspecified atom stereocenters. The van der Waals surface area contributed by atoms with Gasteiger partial charge >= 0.3 is 0 Å². The Kier molecular flexibility index (Phi) is 7.23. The van der Waals surface area contributed by atoms with Gasteiger partial charge in [0.05, 0.1) is 24.9 Å². The molecule has 2 amide bonds. The van der Waals surface area contributed by atoms with Crippen molar-refractivity contribution in [2.75, 3.05) is 26.4 Å². The fourth-order valence-electron chi connectivity index (χ4n) is 6.83. The first-order valence-corrected chi connectivity index (χ1v) is 13.3. The van der Waals surface area contributed by atoms with Crippen LogP contribution in [-0.4, -0.2) is 73.8 Å². The predicted octanol–water partition coefficient (Wildman–Crippen LogP) is -0.482. The topological polar surface area (TPSA) is 110 Å². The number of hydrogen-bond acceptors (Lipinski definition) is 6. The lowest BCUT2D eigenvalue weighted by Gasteiger charge is -2.52. The highest BCUT2D eigenvalue weighted by atomic mass is 16.7. The third kappa shape index (κ3) is 4.67. The first kappa shape index (κ1) is 23.5. The lowest BCUT2D eigenvalue weighted by atomic mass is 9.80. The minimum absolute atomic E-state index is 0.00855. The maximum absolute atomic E-state index is 13.5. The van der Waals surface area contributed by atoms with Gasteiger partial charge in [0.25, 0.3) is 0 Å². The molecule has 5 N–H and O–H groups in total. The fraction of sp³-hybridized carbons (Fsp3) is 0.917. The molecule has 1 saturated carbocycles. The first-order chi connectivity index (χ1) is 16.1. The smallest absolute Gasteiger partial charge is 0.234 e. The Morgan fingerprint density at radius 1 is 1.21 bits per heavy atom. The molecule has 0 aromatic carbocycles. The van der Waals surface area contributed by atoms with E-state index in [1.807, 2.05) is 4.90 Å². The van der Waals surface area contributed by atoms with Crippen molar-refractivity contribution in [1.29, 1.82) is 0 Å². The number of quaternary nitrogens is 1. The summed E-state index contributed by atoms with van der Waals surface area (Å²) in [5.74, 6) is 0.113. The van der Waals surface area contributed by atoms with E-state index in [1.54, 1.807) is 0 Å². The molecule has 4 aliphatic heterocycles. The number of likely N-dealkylation sites (tertiary alicyclic amines) is 1. The van der Waals surface area contributed by atoms with Crippen LogP contribution in [-0.2, 0) is 19.1 Å². The summed E-state index contributed by atoms with van der Waals surface area (Å²) in [4.78, 5) is 30.0. The monoisotopic (exact) mass is 464 g/mol. The van der Waals surface area contributed by atoms with Crippen LogP contribution in [0.1, 0.15) is 64.7 Å². The van der Waals surface area contributed by atoms with Crippen LogP contribution >= 0.6 is 0 Å². The second-order valence-corrected chi connectivity index (χ2v) is 10.8. The maximum Gasteiger partial charge on any atom is 0.234 e. The van der Waals surface area contributed by atoms with Crippen LogP contribution in [0, 0.1) is 17.8 Å². The molecule has 0 spiro atoms. The molecule has 0 bridgehead atoms. The summed E-state index contributed by atoms with van der Waals surface area (Å²) >= 11 is 0. The summed E-state index contributed by atoms with van der Waals surface area (Å²) in [6.07, 6.45) is 9.06. The van der Waals surface area contributed by atoms with Crippen LogP contribution in [0.15, 0.2) is 0 Å². The molecule has 0 radical (unpaired) electrons. The molecule has 5 rings (SSSR count). The Balaban J connectivity index is 1.25. The van der Waals surface area contributed by atoms with Gasteiger partial charge in [-0.15, -0.1) is 0 Å². The van der Waals surface area contributed by atoms with E-state index in [0.717, 1.165) is 64.5 Å². The average molecular weight is 465 g/mol. The zero-order valence-electron chi connectivity index (χ0n) is 20.0. The number of carbonyl (C=O) groups excluding carboxylic acids is 2. The highest BCUT2D eigenvalue weighted by molar-refractivity contribution is 5.83. The van der Waals surface area contributed by atoms with Gasteiger partial charge in [-0.2, -0.15) is 0 Å². The van der Waals surface area contributed by atoms with E-state index in [2.05, 4.69) is 17.6 Å². The third-order valence-corrected chi connectivity index (χ3v) is 8.77. The normalized spacial score (nSPS) is 42.9. The van der Waals surface area contributed by atoms with Gasteiger partial charge in [0.1, 0.15) is 18.6 Å². The predicted molar refractivity (Wildman–Crippen MR) is 122 cm³/mol. The summed E-state index contributed by atoms with van der Waals surface area (Å²) in [5.41, 5.74) is 6.76. The van der Waals surface area contributed by atoms with Gasteiger partial charge in [-0.25, -0.2) is 5.32 Å². The molecule has 9 nitrogen and oxygen atoms in total. The highest BCUT2D eigenvalue weighted by Crippen LogP contribution is 2.33. The van der Waals surface area contributed by atoms with Gasteiger partial charge in [0, 0.05) is 13.1 Å². The summed E-state index contributed by atoms with van der Waals surface area (Å²) in [5, 5.41) is 6.97. The largest absolute Gasteiger partial charge is 0.355 e. The van der Waals surface area contributed by atoms with Crippen molar-refractivity contribution in [2.24, 2.45) is 23.5 Å². The first-order valence-electron chi connectivity index (χ1n) is 13.3. The Labute approximate surface area is 197 Å². The minimum Gasteiger partial charge on any atom is -0.355 e. The quantitative estimate of drug-likeness (QED) is 0.423. The molecule has 33 heavy (non-hydrogen) atoms. The number of hydrogen-bond donors (Lipinski definition) is 4. The van der Waals surface area contributed by atoms with Crippen LogP contribution in [0.3, 0.4) is 0 Å². The van der Waals surface area contributed by atoms with E-state index in [0.29, 0.717) is 25.7 Å². The maximum atomic E-state index is 13.5. The summed E-state index contributed by atoms with van der Waals surface area (Å²) < 4.78 is 11.3. The van der Waals surface area contributed by atoms with Crippen LogP contribution in [0.4, 0.5) is 0 Å². The highest BCUT2D eigenvalue weighted by Gasteiger charge is 2.55. The molecule has 9 atom stereocenters. The number of nitrogens with zero attached hydrogens (tertiary/aromatic N) is 1. The fourth-order valence-corrected chi connectivity index (χ4v) is 6.83. The number of unbranched alkanes of at least 4 members (excludes halogenated alkanes) is 1. The van der Waals surface area contributed by atoms with Crippen molar-refractivity contribution in [3.63, 3.8) is 0 Å². The van der Waals surface area contributed by atoms with Crippen molar-refractivity contribution < 1.29 is 24.0 Å². The Hall–Kier alpha value is -1.26. The van der Waals surface area contributed by atoms with E-state index >= 15 is 0 Å². The van der Waals surface area contributed by atoms with Crippen molar-refractivity contribution in [1.82, 2.24) is 15.5 Å². The number of nitrogens with two attached hydrogens (primary N) is 1. The minimum atomic E-state index is -0.340. The molecule has 5 fully saturated rings. The molecule has 9 heteroatoms. The second kappa shape index (κ2) is 10.2. The van der Waals surface area contributed by atoms with Crippen LogP contribution in [0.25, 0.3) is 0 Å². The lowest BCUT2D eigenvalue weighted by molar-refractivity contribution is -0.965. The molecule has 5 aliphatic rings. The zero-order chi connectivity index (χ0) is 22.9.